The van der Waals surface area contributed by atoms with E-state index < -0.39 is 26.7 Å². The molecule has 0 amide bonds. The molecule has 0 unspecified atom stereocenters. The van der Waals surface area contributed by atoms with E-state index in [9.17, 15) is 21.6 Å². The van der Waals surface area contributed by atoms with E-state index in [1.54, 1.807) is 19.1 Å². The van der Waals surface area contributed by atoms with Crippen LogP contribution in [-0.4, -0.2) is 8.42 Å². The molecule has 0 fully saturated rings. The zero-order valence-corrected chi connectivity index (χ0v) is 12.7. The number of sulfonamides is 1. The van der Waals surface area contributed by atoms with Gasteiger partial charge in [0.05, 0.1) is 21.7 Å². The maximum atomic E-state index is 13.0. The van der Waals surface area contributed by atoms with Crippen LogP contribution in [-0.2, 0) is 16.2 Å². The Labute approximate surface area is 131 Å². The first kappa shape index (κ1) is 16.8. The molecule has 0 aliphatic heterocycles. The molecule has 0 aliphatic carbocycles. The molecule has 0 heterocycles. The summed E-state index contributed by atoms with van der Waals surface area (Å²) in [6, 6.07) is 9.99. The summed E-state index contributed by atoms with van der Waals surface area (Å²) in [5.74, 6) is 0. The second-order valence-corrected chi connectivity index (χ2v) is 6.41. The maximum Gasteiger partial charge on any atom is 0.417 e. The summed E-state index contributed by atoms with van der Waals surface area (Å²) in [7, 11) is -4.49. The summed E-state index contributed by atoms with van der Waals surface area (Å²) in [5, 5.41) is 9.03. The molecule has 23 heavy (non-hydrogen) atoms. The van der Waals surface area contributed by atoms with Gasteiger partial charge in [-0.05, 0) is 36.8 Å². The molecular formula is C15H11F3N2O2S. The molecular weight excluding hydrogens is 329 g/mol. The lowest BCUT2D eigenvalue weighted by molar-refractivity contribution is -0.139. The van der Waals surface area contributed by atoms with E-state index in [2.05, 4.69) is 0 Å². The molecule has 0 atom stereocenters. The summed E-state index contributed by atoms with van der Waals surface area (Å²) in [5.41, 5.74) is -0.591. The monoisotopic (exact) mass is 340 g/mol. The van der Waals surface area contributed by atoms with E-state index in [1.807, 2.05) is 4.72 Å². The third kappa shape index (κ3) is 3.63. The Morgan fingerprint density at radius 2 is 1.78 bits per heavy atom. The van der Waals surface area contributed by atoms with Gasteiger partial charge in [-0.1, -0.05) is 18.2 Å². The van der Waals surface area contributed by atoms with Crippen molar-refractivity contribution in [2.75, 3.05) is 4.72 Å². The van der Waals surface area contributed by atoms with E-state index in [0.29, 0.717) is 6.07 Å². The van der Waals surface area contributed by atoms with Gasteiger partial charge in [-0.3, -0.25) is 4.72 Å². The Morgan fingerprint density at radius 1 is 1.13 bits per heavy atom. The van der Waals surface area contributed by atoms with E-state index >= 15 is 0 Å². The zero-order chi connectivity index (χ0) is 17.3. The number of hydrogen-bond acceptors (Lipinski definition) is 3. The van der Waals surface area contributed by atoms with Crippen LogP contribution in [0.4, 0.5) is 18.9 Å². The van der Waals surface area contributed by atoms with Crippen LogP contribution in [0.1, 0.15) is 16.7 Å². The largest absolute Gasteiger partial charge is 0.417 e. The molecule has 120 valence electrons. The van der Waals surface area contributed by atoms with E-state index in [-0.39, 0.29) is 11.3 Å². The van der Waals surface area contributed by atoms with Gasteiger partial charge < -0.3 is 0 Å². The molecule has 0 saturated heterocycles. The van der Waals surface area contributed by atoms with Gasteiger partial charge in [-0.15, -0.1) is 0 Å². The van der Waals surface area contributed by atoms with Gasteiger partial charge in [0.25, 0.3) is 10.0 Å². The number of aryl methyl sites for hydroxylation is 1. The van der Waals surface area contributed by atoms with Crippen molar-refractivity contribution in [1.29, 1.82) is 5.26 Å². The minimum atomic E-state index is -4.81. The van der Waals surface area contributed by atoms with Crippen molar-refractivity contribution in [2.45, 2.75) is 18.0 Å². The fraction of sp³-hybridized carbons (Fsp3) is 0.133. The highest BCUT2D eigenvalue weighted by molar-refractivity contribution is 7.92. The SMILES string of the molecule is Cc1ccc(NS(=O)(=O)c2ccccc2C(F)(F)F)c(C#N)c1. The Morgan fingerprint density at radius 3 is 2.39 bits per heavy atom. The first-order chi connectivity index (χ1) is 10.6. The maximum absolute atomic E-state index is 13.0. The van der Waals surface area contributed by atoms with Crippen LogP contribution in [0, 0.1) is 18.3 Å². The van der Waals surface area contributed by atoms with Gasteiger partial charge in [-0.2, -0.15) is 18.4 Å². The molecule has 8 heteroatoms. The first-order valence-electron chi connectivity index (χ1n) is 6.35. The normalized spacial score (nSPS) is 11.8. The summed E-state index contributed by atoms with van der Waals surface area (Å²) < 4.78 is 65.6. The standard InChI is InChI=1S/C15H11F3N2O2S/c1-10-6-7-13(11(8-10)9-19)20-23(21,22)14-5-3-2-4-12(14)15(16,17)18/h2-8,20H,1H3. The lowest BCUT2D eigenvalue weighted by Gasteiger charge is -2.15. The molecule has 0 radical (unpaired) electrons. The van der Waals surface area contributed by atoms with Crippen molar-refractivity contribution < 1.29 is 21.6 Å². The number of nitrogens with one attached hydrogen (secondary N) is 1. The third-order valence-electron chi connectivity index (χ3n) is 3.02. The average molecular weight is 340 g/mol. The topological polar surface area (TPSA) is 70.0 Å². The number of anilines is 1. The van der Waals surface area contributed by atoms with Crippen LogP contribution in [0.15, 0.2) is 47.4 Å². The van der Waals surface area contributed by atoms with Gasteiger partial charge in [0.2, 0.25) is 0 Å². The van der Waals surface area contributed by atoms with Crippen molar-refractivity contribution in [3.63, 3.8) is 0 Å². The van der Waals surface area contributed by atoms with E-state index in [0.717, 1.165) is 17.7 Å². The summed E-state index contributed by atoms with van der Waals surface area (Å²) in [6.07, 6.45) is -4.81. The van der Waals surface area contributed by atoms with Crippen LogP contribution in [0.3, 0.4) is 0 Å². The minimum Gasteiger partial charge on any atom is -0.278 e. The van der Waals surface area contributed by atoms with Crippen LogP contribution in [0.2, 0.25) is 0 Å². The molecule has 2 aromatic rings. The zero-order valence-electron chi connectivity index (χ0n) is 11.8. The molecule has 0 saturated carbocycles. The third-order valence-corrected chi connectivity index (χ3v) is 4.45. The second kappa shape index (κ2) is 5.93. The van der Waals surface area contributed by atoms with Crippen molar-refractivity contribution >= 4 is 15.7 Å². The van der Waals surface area contributed by atoms with Crippen molar-refractivity contribution in [1.82, 2.24) is 0 Å². The Balaban J connectivity index is 2.52. The quantitative estimate of drug-likeness (QED) is 0.926. The molecule has 0 aromatic heterocycles. The lowest BCUT2D eigenvalue weighted by Crippen LogP contribution is -2.19. The predicted molar refractivity (Wildman–Crippen MR) is 78.1 cm³/mol. The number of hydrogen-bond donors (Lipinski definition) is 1. The minimum absolute atomic E-state index is 0.0260. The molecule has 0 spiro atoms. The van der Waals surface area contributed by atoms with Crippen molar-refractivity contribution in [3.05, 3.63) is 59.2 Å². The highest BCUT2D eigenvalue weighted by atomic mass is 32.2. The fourth-order valence-electron chi connectivity index (χ4n) is 1.97. The first-order valence-corrected chi connectivity index (χ1v) is 7.83. The number of halogens is 3. The Hall–Kier alpha value is -2.53. The van der Waals surface area contributed by atoms with Crippen LogP contribution >= 0.6 is 0 Å². The van der Waals surface area contributed by atoms with Gasteiger partial charge in [0, 0.05) is 0 Å². The molecule has 2 rings (SSSR count). The highest BCUT2D eigenvalue weighted by Gasteiger charge is 2.37. The molecule has 4 nitrogen and oxygen atoms in total. The number of nitriles is 1. The van der Waals surface area contributed by atoms with Gasteiger partial charge in [0.1, 0.15) is 6.07 Å². The lowest BCUT2D eigenvalue weighted by atomic mass is 10.1. The summed E-state index contributed by atoms with van der Waals surface area (Å²) in [4.78, 5) is -0.892. The summed E-state index contributed by atoms with van der Waals surface area (Å²) in [6.45, 7) is 1.71. The average Bonchev–Trinajstić information content (AvgIpc) is 2.48. The van der Waals surface area contributed by atoms with E-state index in [4.69, 9.17) is 5.26 Å². The van der Waals surface area contributed by atoms with Gasteiger partial charge in [-0.25, -0.2) is 8.42 Å². The smallest absolute Gasteiger partial charge is 0.278 e. The Bertz CT molecular complexity index is 884. The number of rotatable bonds is 3. The predicted octanol–water partition coefficient (Wildman–Crippen LogP) is 3.69. The van der Waals surface area contributed by atoms with Crippen molar-refractivity contribution in [3.8, 4) is 6.07 Å². The summed E-state index contributed by atoms with van der Waals surface area (Å²) >= 11 is 0. The van der Waals surface area contributed by atoms with E-state index in [1.165, 1.54) is 18.2 Å². The second-order valence-electron chi connectivity index (χ2n) is 4.76. The molecule has 2 aromatic carbocycles. The highest BCUT2D eigenvalue weighted by Crippen LogP contribution is 2.34. The van der Waals surface area contributed by atoms with Crippen LogP contribution in [0.25, 0.3) is 0 Å². The molecule has 1 N–H and O–H groups in total. The Kier molecular flexibility index (Phi) is 4.34. The number of alkyl halides is 3. The fourth-order valence-corrected chi connectivity index (χ4v) is 3.28. The molecule has 0 bridgehead atoms. The molecule has 0 aliphatic rings. The number of nitrogens with zero attached hydrogens (tertiary/aromatic N) is 1. The number of benzene rings is 2. The van der Waals surface area contributed by atoms with Crippen LogP contribution < -0.4 is 4.72 Å². The van der Waals surface area contributed by atoms with Gasteiger partial charge >= 0.3 is 6.18 Å². The van der Waals surface area contributed by atoms with Crippen molar-refractivity contribution in [2.24, 2.45) is 0 Å². The van der Waals surface area contributed by atoms with Crippen LogP contribution in [0.5, 0.6) is 0 Å². The van der Waals surface area contributed by atoms with Gasteiger partial charge in [0.15, 0.2) is 0 Å².